The number of hydrogen-bond acceptors (Lipinski definition) is 4. The number of anilines is 2. The van der Waals surface area contributed by atoms with Crippen LogP contribution in [0.3, 0.4) is 0 Å². The van der Waals surface area contributed by atoms with Gasteiger partial charge in [-0.3, -0.25) is 0 Å². The fourth-order valence-corrected chi connectivity index (χ4v) is 2.49. The highest BCUT2D eigenvalue weighted by Gasteiger charge is 2.13. The Hall–Kier alpha value is -2.95. The number of nitrogens with zero attached hydrogens (tertiary/aromatic N) is 1. The molecule has 3 rings (SSSR count). The van der Waals surface area contributed by atoms with Gasteiger partial charge in [-0.15, -0.1) is 0 Å². The molecule has 1 aromatic heterocycles. The second kappa shape index (κ2) is 6.28. The Kier molecular flexibility index (Phi) is 4.16. The van der Waals surface area contributed by atoms with Crippen LogP contribution in [0, 0.1) is 19.7 Å². The van der Waals surface area contributed by atoms with Crippen LogP contribution < -0.4 is 5.32 Å². The number of methoxy groups -OCH3 is 1. The molecule has 0 atom stereocenters. The van der Waals surface area contributed by atoms with E-state index in [9.17, 15) is 9.18 Å². The summed E-state index contributed by atoms with van der Waals surface area (Å²) in [5, 5.41) is 3.85. The monoisotopic (exact) mass is 324 g/mol. The number of benzene rings is 2. The van der Waals surface area contributed by atoms with E-state index in [0.717, 1.165) is 11.3 Å². The molecule has 1 heterocycles. The Labute approximate surface area is 139 Å². The van der Waals surface area contributed by atoms with Gasteiger partial charge in [-0.1, -0.05) is 6.07 Å². The van der Waals surface area contributed by atoms with Gasteiger partial charge >= 0.3 is 5.97 Å². The van der Waals surface area contributed by atoms with Crippen LogP contribution in [-0.2, 0) is 4.74 Å². The predicted molar refractivity (Wildman–Crippen MR) is 92.2 cm³/mol. The van der Waals surface area contributed by atoms with Crippen LogP contribution in [0.5, 0.6) is 0 Å². The third-order valence-electron chi connectivity index (χ3n) is 3.95. The van der Waals surface area contributed by atoms with Crippen LogP contribution in [0.1, 0.15) is 21.6 Å². The van der Waals surface area contributed by atoms with E-state index in [-0.39, 0.29) is 11.5 Å². The minimum atomic E-state index is -0.538. The largest absolute Gasteiger partial charge is 0.464 e. The van der Waals surface area contributed by atoms with Gasteiger partial charge in [0, 0.05) is 11.1 Å². The van der Waals surface area contributed by atoms with Crippen LogP contribution in [0.2, 0.25) is 0 Å². The lowest BCUT2D eigenvalue weighted by Gasteiger charge is -2.13. The molecule has 1 N–H and O–H groups in total. The van der Waals surface area contributed by atoms with Crippen molar-refractivity contribution in [1.82, 2.24) is 4.98 Å². The van der Waals surface area contributed by atoms with Crippen LogP contribution in [0.25, 0.3) is 10.9 Å². The van der Waals surface area contributed by atoms with Crippen molar-refractivity contribution in [3.8, 4) is 0 Å². The highest BCUT2D eigenvalue weighted by atomic mass is 19.1. The molecule has 2 aromatic carbocycles. The molecule has 0 fully saturated rings. The second-order valence-corrected chi connectivity index (χ2v) is 5.63. The van der Waals surface area contributed by atoms with Crippen molar-refractivity contribution in [2.75, 3.05) is 12.4 Å². The summed E-state index contributed by atoms with van der Waals surface area (Å²) in [5.41, 5.74) is 4.46. The number of rotatable bonds is 3. The number of fused-ring (bicyclic) bond motifs is 1. The van der Waals surface area contributed by atoms with E-state index in [1.54, 1.807) is 12.1 Å². The van der Waals surface area contributed by atoms with Gasteiger partial charge in [0.15, 0.2) is 5.69 Å². The lowest BCUT2D eigenvalue weighted by Crippen LogP contribution is -2.06. The molecule has 3 aromatic rings. The molecule has 0 unspecified atom stereocenters. The zero-order chi connectivity index (χ0) is 17.3. The van der Waals surface area contributed by atoms with E-state index >= 15 is 0 Å². The molecule has 122 valence electrons. The first kappa shape index (κ1) is 15.9. The molecular weight excluding hydrogens is 307 g/mol. The molecule has 0 amide bonds. The van der Waals surface area contributed by atoms with E-state index in [2.05, 4.69) is 10.3 Å². The number of pyridine rings is 1. The summed E-state index contributed by atoms with van der Waals surface area (Å²) in [6, 6.07) is 11.8. The van der Waals surface area contributed by atoms with Gasteiger partial charge in [0.25, 0.3) is 0 Å². The van der Waals surface area contributed by atoms with Gasteiger partial charge < -0.3 is 10.1 Å². The summed E-state index contributed by atoms with van der Waals surface area (Å²) in [5.74, 6) is -0.900. The zero-order valence-corrected chi connectivity index (χ0v) is 13.7. The molecule has 4 nitrogen and oxygen atoms in total. The van der Waals surface area contributed by atoms with E-state index in [1.165, 1.54) is 24.8 Å². The van der Waals surface area contributed by atoms with Crippen molar-refractivity contribution in [1.29, 1.82) is 0 Å². The summed E-state index contributed by atoms with van der Waals surface area (Å²) < 4.78 is 18.4. The molecular formula is C19H17FN2O2. The average Bonchev–Trinajstić information content (AvgIpc) is 2.57. The van der Waals surface area contributed by atoms with Crippen molar-refractivity contribution >= 4 is 28.2 Å². The minimum Gasteiger partial charge on any atom is -0.464 e. The Morgan fingerprint density at radius 3 is 2.58 bits per heavy atom. The molecule has 0 radical (unpaired) electrons. The standard InChI is InChI=1S/C19H17FN2O2/c1-11-4-6-14(8-12(11)2)21-17-10-18(19(23)24-3)22-16-7-5-13(20)9-15(16)17/h4-10H,1-3H3,(H,21,22). The smallest absolute Gasteiger partial charge is 0.356 e. The Morgan fingerprint density at radius 1 is 1.08 bits per heavy atom. The third kappa shape index (κ3) is 3.06. The summed E-state index contributed by atoms with van der Waals surface area (Å²) in [7, 11) is 1.30. The number of ether oxygens (including phenoxy) is 1. The van der Waals surface area contributed by atoms with Crippen molar-refractivity contribution in [3.63, 3.8) is 0 Å². The number of carbonyl (C=O) groups is 1. The maximum Gasteiger partial charge on any atom is 0.356 e. The highest BCUT2D eigenvalue weighted by molar-refractivity contribution is 5.98. The van der Waals surface area contributed by atoms with Crippen LogP contribution in [-0.4, -0.2) is 18.1 Å². The SMILES string of the molecule is COC(=O)c1cc(Nc2ccc(C)c(C)c2)c2cc(F)ccc2n1. The van der Waals surface area contributed by atoms with E-state index in [0.29, 0.717) is 16.6 Å². The van der Waals surface area contributed by atoms with Gasteiger partial charge in [0.2, 0.25) is 0 Å². The first-order valence-corrected chi connectivity index (χ1v) is 7.51. The molecule has 0 aliphatic carbocycles. The molecule has 0 spiro atoms. The number of aromatic nitrogens is 1. The zero-order valence-electron chi connectivity index (χ0n) is 13.7. The molecule has 24 heavy (non-hydrogen) atoms. The summed E-state index contributed by atoms with van der Waals surface area (Å²) in [6.07, 6.45) is 0. The summed E-state index contributed by atoms with van der Waals surface area (Å²) in [6.45, 7) is 4.05. The number of nitrogens with one attached hydrogen (secondary N) is 1. The lowest BCUT2D eigenvalue weighted by atomic mass is 10.1. The first-order chi connectivity index (χ1) is 11.5. The van der Waals surface area contributed by atoms with Crippen molar-refractivity contribution in [2.45, 2.75) is 13.8 Å². The van der Waals surface area contributed by atoms with Crippen molar-refractivity contribution in [2.24, 2.45) is 0 Å². The Bertz CT molecular complexity index is 938. The quantitative estimate of drug-likeness (QED) is 0.720. The fraction of sp³-hybridized carbons (Fsp3) is 0.158. The van der Waals surface area contributed by atoms with Gasteiger partial charge in [-0.2, -0.15) is 0 Å². The van der Waals surface area contributed by atoms with E-state index in [4.69, 9.17) is 4.74 Å². The van der Waals surface area contributed by atoms with Gasteiger partial charge in [0.05, 0.1) is 18.3 Å². The molecule has 0 saturated carbocycles. The molecule has 0 saturated heterocycles. The highest BCUT2D eigenvalue weighted by Crippen LogP contribution is 2.28. The molecule has 0 aliphatic heterocycles. The first-order valence-electron chi connectivity index (χ1n) is 7.51. The molecule has 5 heteroatoms. The number of hydrogen-bond donors (Lipinski definition) is 1. The molecule has 0 bridgehead atoms. The van der Waals surface area contributed by atoms with Gasteiger partial charge in [-0.05, 0) is 61.4 Å². The summed E-state index contributed by atoms with van der Waals surface area (Å²) >= 11 is 0. The maximum absolute atomic E-state index is 13.7. The topological polar surface area (TPSA) is 51.2 Å². The summed E-state index contributed by atoms with van der Waals surface area (Å²) in [4.78, 5) is 16.1. The fourth-order valence-electron chi connectivity index (χ4n) is 2.49. The van der Waals surface area contributed by atoms with Gasteiger partial charge in [-0.25, -0.2) is 14.2 Å². The van der Waals surface area contributed by atoms with E-state index in [1.807, 2.05) is 32.0 Å². The van der Waals surface area contributed by atoms with Gasteiger partial charge in [0.1, 0.15) is 5.82 Å². The Balaban J connectivity index is 2.14. The number of aryl methyl sites for hydroxylation is 2. The van der Waals surface area contributed by atoms with Crippen LogP contribution in [0.4, 0.5) is 15.8 Å². The van der Waals surface area contributed by atoms with Crippen LogP contribution >= 0.6 is 0 Å². The van der Waals surface area contributed by atoms with E-state index < -0.39 is 5.97 Å². The number of esters is 1. The minimum absolute atomic E-state index is 0.169. The Morgan fingerprint density at radius 2 is 1.88 bits per heavy atom. The third-order valence-corrected chi connectivity index (χ3v) is 3.95. The van der Waals surface area contributed by atoms with Crippen molar-refractivity contribution in [3.05, 3.63) is 65.1 Å². The number of carbonyl (C=O) groups excluding carboxylic acids is 1. The normalized spacial score (nSPS) is 10.7. The predicted octanol–water partition coefficient (Wildman–Crippen LogP) is 4.52. The molecule has 0 aliphatic rings. The lowest BCUT2D eigenvalue weighted by molar-refractivity contribution is 0.0594. The van der Waals surface area contributed by atoms with Crippen molar-refractivity contribution < 1.29 is 13.9 Å². The average molecular weight is 324 g/mol. The van der Waals surface area contributed by atoms with Crippen LogP contribution in [0.15, 0.2) is 42.5 Å². The maximum atomic E-state index is 13.7. The second-order valence-electron chi connectivity index (χ2n) is 5.63. The number of halogens is 1.